The number of aryl methyl sites for hydroxylation is 2. The molecular weight excluding hydrogens is 377 g/mol. The summed E-state index contributed by atoms with van der Waals surface area (Å²) < 4.78 is 16.5. The van der Waals surface area contributed by atoms with Crippen molar-refractivity contribution in [1.29, 1.82) is 5.41 Å². The maximum Gasteiger partial charge on any atom is 0.170 e. The Balaban J connectivity index is 1.89. The summed E-state index contributed by atoms with van der Waals surface area (Å²) in [5, 5.41) is 20.3. The lowest BCUT2D eigenvalue weighted by molar-refractivity contribution is 0.609. The molecule has 2 aromatic heterocycles. The highest BCUT2D eigenvalue weighted by atomic mass is 19.1. The third-order valence-electron chi connectivity index (χ3n) is 6.02. The molecule has 4 rings (SSSR count). The molecule has 0 unspecified atom stereocenters. The van der Waals surface area contributed by atoms with Crippen LogP contribution in [0, 0.1) is 18.2 Å². The van der Waals surface area contributed by atoms with Crippen LogP contribution in [0.5, 0.6) is 0 Å². The molecule has 156 valence electrons. The molecule has 6 heteroatoms. The van der Waals surface area contributed by atoms with Gasteiger partial charge in [-0.05, 0) is 82.2 Å². The Bertz CT molecular complexity index is 1170. The Labute approximate surface area is 176 Å². The molecule has 3 heterocycles. The topological polar surface area (TPSA) is 66.1 Å². The minimum Gasteiger partial charge on any atom is -0.367 e. The summed E-state index contributed by atoms with van der Waals surface area (Å²) in [6.45, 7) is 8.27. The normalized spacial score (nSPS) is 13.9. The van der Waals surface area contributed by atoms with Crippen LogP contribution in [0.25, 0.3) is 11.2 Å². The maximum atomic E-state index is 14.6. The van der Waals surface area contributed by atoms with Crippen LogP contribution in [-0.2, 0) is 19.4 Å². The summed E-state index contributed by atoms with van der Waals surface area (Å²) in [5.74, 6) is 0.730. The van der Waals surface area contributed by atoms with Crippen molar-refractivity contribution in [1.82, 2.24) is 14.6 Å². The number of aromatic nitrogens is 3. The standard InChI is InChI=1S/C24H28FN5/c1-14(2)22(16(4)26)19-11-18-8-6-5-7-17-9-10-21(25)20(15(17)3)12-27-23(18)30-13-28-29-24(19)30/h9-11,13,26-27H,5-8,12H2,1-4H3. The van der Waals surface area contributed by atoms with E-state index in [0.29, 0.717) is 23.5 Å². The molecule has 0 radical (unpaired) electrons. The number of hydrogen-bond donors (Lipinski definition) is 2. The van der Waals surface area contributed by atoms with Gasteiger partial charge in [-0.2, -0.15) is 0 Å². The van der Waals surface area contributed by atoms with Crippen LogP contribution in [0.4, 0.5) is 10.2 Å². The fourth-order valence-corrected chi connectivity index (χ4v) is 4.53. The van der Waals surface area contributed by atoms with Crippen molar-refractivity contribution in [3.8, 4) is 0 Å². The van der Waals surface area contributed by atoms with E-state index in [1.165, 1.54) is 5.56 Å². The lowest BCUT2D eigenvalue weighted by Crippen LogP contribution is -2.12. The molecule has 1 aliphatic heterocycles. The number of benzene rings is 1. The maximum absolute atomic E-state index is 14.6. The van der Waals surface area contributed by atoms with Crippen LogP contribution in [0.3, 0.4) is 0 Å². The Morgan fingerprint density at radius 3 is 2.57 bits per heavy atom. The second-order valence-corrected chi connectivity index (χ2v) is 8.33. The van der Waals surface area contributed by atoms with Crippen molar-refractivity contribution in [2.45, 2.75) is 59.9 Å². The predicted octanol–water partition coefficient (Wildman–Crippen LogP) is 5.50. The molecule has 5 nitrogen and oxygen atoms in total. The van der Waals surface area contributed by atoms with Crippen LogP contribution >= 0.6 is 0 Å². The zero-order valence-electron chi connectivity index (χ0n) is 18.1. The molecule has 2 N–H and O–H groups in total. The molecule has 0 amide bonds. The third kappa shape index (κ3) is 3.51. The SMILES string of the molecule is CC(=N)C(=C(C)C)c1cc2c(n3cnnc13)NCc1c(F)ccc(c1C)CCCC2. The van der Waals surface area contributed by atoms with Crippen molar-refractivity contribution >= 4 is 22.7 Å². The van der Waals surface area contributed by atoms with Crippen molar-refractivity contribution in [2.75, 3.05) is 5.32 Å². The molecule has 0 aliphatic carbocycles. The first kappa shape index (κ1) is 20.3. The van der Waals surface area contributed by atoms with Gasteiger partial charge in [-0.25, -0.2) is 4.39 Å². The van der Waals surface area contributed by atoms with Gasteiger partial charge in [-0.15, -0.1) is 10.2 Å². The first-order chi connectivity index (χ1) is 14.4. The van der Waals surface area contributed by atoms with Crippen molar-refractivity contribution < 1.29 is 4.39 Å². The minimum atomic E-state index is -0.174. The Kier molecular flexibility index (Phi) is 5.41. The summed E-state index contributed by atoms with van der Waals surface area (Å²) in [7, 11) is 0. The van der Waals surface area contributed by atoms with Gasteiger partial charge in [0.25, 0.3) is 0 Å². The second-order valence-electron chi connectivity index (χ2n) is 8.33. The Hall–Kier alpha value is -3.02. The van der Waals surface area contributed by atoms with Crippen molar-refractivity contribution in [3.05, 3.63) is 63.7 Å². The number of nitrogens with one attached hydrogen (secondary N) is 2. The summed E-state index contributed by atoms with van der Waals surface area (Å²) in [6.07, 6.45) is 5.62. The number of fused-ring (bicyclic) bond motifs is 5. The number of rotatable bonds is 2. The van der Waals surface area contributed by atoms with E-state index in [0.717, 1.165) is 59.3 Å². The van der Waals surface area contributed by atoms with Gasteiger partial charge in [0.2, 0.25) is 0 Å². The van der Waals surface area contributed by atoms with Gasteiger partial charge in [-0.1, -0.05) is 11.6 Å². The van der Waals surface area contributed by atoms with Gasteiger partial charge in [0.05, 0.1) is 0 Å². The molecule has 1 aromatic carbocycles. The predicted molar refractivity (Wildman–Crippen MR) is 120 cm³/mol. The molecule has 0 saturated carbocycles. The number of anilines is 1. The molecule has 0 spiro atoms. The van der Waals surface area contributed by atoms with Crippen LogP contribution in [-0.4, -0.2) is 20.3 Å². The van der Waals surface area contributed by atoms with E-state index in [-0.39, 0.29) is 5.82 Å². The summed E-state index contributed by atoms with van der Waals surface area (Å²) in [5.41, 5.74) is 8.25. The quantitative estimate of drug-likeness (QED) is 0.553. The number of nitrogens with zero attached hydrogens (tertiary/aromatic N) is 3. The van der Waals surface area contributed by atoms with E-state index in [2.05, 4.69) is 21.6 Å². The van der Waals surface area contributed by atoms with E-state index in [9.17, 15) is 4.39 Å². The summed E-state index contributed by atoms with van der Waals surface area (Å²) in [4.78, 5) is 0. The van der Waals surface area contributed by atoms with Gasteiger partial charge >= 0.3 is 0 Å². The van der Waals surface area contributed by atoms with Gasteiger partial charge in [0.15, 0.2) is 5.65 Å². The van der Waals surface area contributed by atoms with Crippen molar-refractivity contribution in [2.24, 2.45) is 0 Å². The molecular formula is C24H28FN5. The highest BCUT2D eigenvalue weighted by Crippen LogP contribution is 2.31. The van der Waals surface area contributed by atoms with Crippen LogP contribution in [0.2, 0.25) is 0 Å². The van der Waals surface area contributed by atoms with E-state index < -0.39 is 0 Å². The number of hydrogen-bond acceptors (Lipinski definition) is 4. The van der Waals surface area contributed by atoms with E-state index in [4.69, 9.17) is 5.41 Å². The molecule has 0 saturated heterocycles. The smallest absolute Gasteiger partial charge is 0.170 e. The summed E-state index contributed by atoms with van der Waals surface area (Å²) in [6, 6.07) is 5.65. The summed E-state index contributed by atoms with van der Waals surface area (Å²) >= 11 is 0. The average Bonchev–Trinajstić information content (AvgIpc) is 3.16. The zero-order valence-corrected chi connectivity index (χ0v) is 18.1. The van der Waals surface area contributed by atoms with Crippen LogP contribution < -0.4 is 5.32 Å². The van der Waals surface area contributed by atoms with E-state index in [1.807, 2.05) is 38.2 Å². The minimum absolute atomic E-state index is 0.174. The van der Waals surface area contributed by atoms with E-state index >= 15 is 0 Å². The van der Waals surface area contributed by atoms with Gasteiger partial charge in [0, 0.05) is 29.0 Å². The van der Waals surface area contributed by atoms with Crippen LogP contribution in [0.1, 0.15) is 61.4 Å². The molecule has 3 aromatic rings. The number of pyridine rings is 1. The first-order valence-corrected chi connectivity index (χ1v) is 10.5. The molecule has 0 atom stereocenters. The zero-order chi connectivity index (χ0) is 21.4. The highest BCUT2D eigenvalue weighted by Gasteiger charge is 2.20. The fourth-order valence-electron chi connectivity index (χ4n) is 4.53. The van der Waals surface area contributed by atoms with Gasteiger partial charge in [0.1, 0.15) is 18.0 Å². The average molecular weight is 406 g/mol. The van der Waals surface area contributed by atoms with E-state index in [1.54, 1.807) is 12.4 Å². The molecule has 2 bridgehead atoms. The first-order valence-electron chi connectivity index (χ1n) is 10.5. The van der Waals surface area contributed by atoms with Gasteiger partial charge in [-0.3, -0.25) is 4.40 Å². The lowest BCUT2D eigenvalue weighted by atomic mass is 9.95. The highest BCUT2D eigenvalue weighted by molar-refractivity contribution is 6.23. The number of halogens is 1. The number of allylic oxidation sites excluding steroid dienone is 2. The monoisotopic (exact) mass is 405 g/mol. The molecule has 0 fully saturated rings. The van der Waals surface area contributed by atoms with Gasteiger partial charge < -0.3 is 10.7 Å². The second kappa shape index (κ2) is 8.01. The third-order valence-corrected chi connectivity index (χ3v) is 6.02. The molecule has 1 aliphatic rings. The fraction of sp³-hybridized carbons (Fsp3) is 0.375. The largest absolute Gasteiger partial charge is 0.367 e. The van der Waals surface area contributed by atoms with Crippen molar-refractivity contribution in [3.63, 3.8) is 0 Å². The molecule has 30 heavy (non-hydrogen) atoms. The Morgan fingerprint density at radius 2 is 1.87 bits per heavy atom. The lowest BCUT2D eigenvalue weighted by Gasteiger charge is -2.19. The van der Waals surface area contributed by atoms with Crippen LogP contribution in [0.15, 0.2) is 30.1 Å². The Morgan fingerprint density at radius 1 is 1.13 bits per heavy atom.